The summed E-state index contributed by atoms with van der Waals surface area (Å²) >= 11 is 0. The van der Waals surface area contributed by atoms with Gasteiger partial charge in [0.1, 0.15) is 11.8 Å². The van der Waals surface area contributed by atoms with Crippen LogP contribution in [-0.4, -0.2) is 57.7 Å². The molecular formula is C14H13FN6O4. The first-order valence-electron chi connectivity index (χ1n) is 7.25. The van der Waals surface area contributed by atoms with E-state index >= 15 is 0 Å². The van der Waals surface area contributed by atoms with Gasteiger partial charge in [-0.05, 0) is 17.3 Å². The maximum atomic E-state index is 14.3. The van der Waals surface area contributed by atoms with Crippen LogP contribution in [0.15, 0.2) is 18.2 Å². The quantitative estimate of drug-likeness (QED) is 0.760. The topological polar surface area (TPSA) is 119 Å². The number of ether oxygens (including phenoxy) is 1. The van der Waals surface area contributed by atoms with Crippen molar-refractivity contribution in [3.63, 3.8) is 0 Å². The van der Waals surface area contributed by atoms with E-state index < -0.39 is 18.0 Å². The number of carbonyl (C=O) groups is 3. The lowest BCUT2D eigenvalue weighted by Crippen LogP contribution is -2.33. The van der Waals surface area contributed by atoms with Crippen LogP contribution >= 0.6 is 0 Å². The van der Waals surface area contributed by atoms with Crippen LogP contribution in [0.25, 0.3) is 5.69 Å². The van der Waals surface area contributed by atoms with Crippen molar-refractivity contribution in [2.75, 3.05) is 18.0 Å². The van der Waals surface area contributed by atoms with E-state index in [4.69, 9.17) is 4.74 Å². The molecule has 0 radical (unpaired) electrons. The third-order valence-electron chi connectivity index (χ3n) is 3.45. The summed E-state index contributed by atoms with van der Waals surface area (Å²) in [4.78, 5) is 35.6. The molecule has 2 aromatic rings. The summed E-state index contributed by atoms with van der Waals surface area (Å²) in [5.41, 5.74) is 0.263. The minimum absolute atomic E-state index is 0.0216. The van der Waals surface area contributed by atoms with Gasteiger partial charge in [-0.25, -0.2) is 9.18 Å². The SMILES string of the molecule is CC(=O)NC[C@H]1CN(c2ccc(-n3nnc(C=O)n3)c(F)c2)C(=O)O1. The van der Waals surface area contributed by atoms with E-state index in [0.29, 0.717) is 6.29 Å². The molecule has 130 valence electrons. The second-order valence-electron chi connectivity index (χ2n) is 5.24. The minimum atomic E-state index is -0.703. The first-order valence-corrected chi connectivity index (χ1v) is 7.25. The van der Waals surface area contributed by atoms with Gasteiger partial charge in [0.2, 0.25) is 11.7 Å². The molecule has 11 heteroatoms. The minimum Gasteiger partial charge on any atom is -0.442 e. The zero-order valence-electron chi connectivity index (χ0n) is 13.0. The number of benzene rings is 1. The molecular weight excluding hydrogens is 335 g/mol. The number of nitrogens with zero attached hydrogens (tertiary/aromatic N) is 5. The molecule has 1 N–H and O–H groups in total. The molecule has 1 fully saturated rings. The number of amides is 2. The third kappa shape index (κ3) is 3.44. The molecule has 0 unspecified atom stereocenters. The molecule has 1 saturated heterocycles. The number of hydrogen-bond acceptors (Lipinski definition) is 7. The Morgan fingerprint density at radius 2 is 2.32 bits per heavy atom. The van der Waals surface area contributed by atoms with Gasteiger partial charge in [0.15, 0.2) is 12.1 Å². The molecule has 1 aromatic carbocycles. The summed E-state index contributed by atoms with van der Waals surface area (Å²) in [6, 6.07) is 3.97. The Kier molecular flexibility index (Phi) is 4.37. The lowest BCUT2D eigenvalue weighted by molar-refractivity contribution is -0.119. The number of halogens is 1. The highest BCUT2D eigenvalue weighted by atomic mass is 19.1. The number of hydrogen-bond donors (Lipinski definition) is 1. The Labute approximate surface area is 140 Å². The molecule has 2 amide bonds. The van der Waals surface area contributed by atoms with Crippen LogP contribution in [0.5, 0.6) is 0 Å². The normalized spacial score (nSPS) is 16.6. The Morgan fingerprint density at radius 3 is 2.96 bits per heavy atom. The smallest absolute Gasteiger partial charge is 0.414 e. The summed E-state index contributed by atoms with van der Waals surface area (Å²) < 4.78 is 19.5. The zero-order chi connectivity index (χ0) is 18.0. The molecule has 1 aliphatic rings. The monoisotopic (exact) mass is 348 g/mol. The van der Waals surface area contributed by atoms with Crippen molar-refractivity contribution >= 4 is 24.0 Å². The van der Waals surface area contributed by atoms with Crippen LogP contribution in [-0.2, 0) is 9.53 Å². The number of tetrazole rings is 1. The molecule has 0 aliphatic carbocycles. The average molecular weight is 348 g/mol. The molecule has 25 heavy (non-hydrogen) atoms. The van der Waals surface area contributed by atoms with Crippen molar-refractivity contribution in [2.24, 2.45) is 0 Å². The van der Waals surface area contributed by atoms with Gasteiger partial charge in [-0.2, -0.15) is 0 Å². The molecule has 3 rings (SSSR count). The Bertz CT molecular complexity index is 838. The van der Waals surface area contributed by atoms with Crippen molar-refractivity contribution < 1.29 is 23.5 Å². The highest BCUT2D eigenvalue weighted by molar-refractivity contribution is 5.90. The highest BCUT2D eigenvalue weighted by Crippen LogP contribution is 2.24. The number of rotatable bonds is 5. The van der Waals surface area contributed by atoms with Gasteiger partial charge in [-0.3, -0.25) is 14.5 Å². The molecule has 10 nitrogen and oxygen atoms in total. The van der Waals surface area contributed by atoms with E-state index in [1.165, 1.54) is 24.0 Å². The van der Waals surface area contributed by atoms with E-state index in [-0.39, 0.29) is 36.2 Å². The molecule has 1 aromatic heterocycles. The first-order chi connectivity index (χ1) is 12.0. The summed E-state index contributed by atoms with van der Waals surface area (Å²) in [6.45, 7) is 1.71. The second kappa shape index (κ2) is 6.63. The lowest BCUT2D eigenvalue weighted by Gasteiger charge is -2.14. The van der Waals surface area contributed by atoms with E-state index in [2.05, 4.69) is 20.7 Å². The van der Waals surface area contributed by atoms with Gasteiger partial charge < -0.3 is 10.1 Å². The van der Waals surface area contributed by atoms with Crippen LogP contribution in [0.2, 0.25) is 0 Å². The van der Waals surface area contributed by atoms with Crippen LogP contribution in [0, 0.1) is 5.82 Å². The van der Waals surface area contributed by atoms with Gasteiger partial charge in [0, 0.05) is 13.0 Å². The summed E-state index contributed by atoms with van der Waals surface area (Å²) in [7, 11) is 0. The zero-order valence-corrected chi connectivity index (χ0v) is 13.0. The van der Waals surface area contributed by atoms with Crippen molar-refractivity contribution in [3.05, 3.63) is 29.8 Å². The van der Waals surface area contributed by atoms with E-state index in [1.54, 1.807) is 0 Å². The Morgan fingerprint density at radius 1 is 1.52 bits per heavy atom. The van der Waals surface area contributed by atoms with E-state index in [9.17, 15) is 18.8 Å². The number of aromatic nitrogens is 4. The van der Waals surface area contributed by atoms with Gasteiger partial charge in [-0.1, -0.05) is 0 Å². The predicted octanol–water partition coefficient (Wildman–Crippen LogP) is 0.0752. The molecule has 1 aliphatic heterocycles. The maximum absolute atomic E-state index is 14.3. The van der Waals surface area contributed by atoms with E-state index in [1.807, 2.05) is 0 Å². The number of carbonyl (C=O) groups excluding carboxylic acids is 3. The lowest BCUT2D eigenvalue weighted by atomic mass is 10.2. The van der Waals surface area contributed by atoms with Gasteiger partial charge >= 0.3 is 6.09 Å². The van der Waals surface area contributed by atoms with Crippen molar-refractivity contribution in [3.8, 4) is 5.69 Å². The van der Waals surface area contributed by atoms with Crippen molar-refractivity contribution in [2.45, 2.75) is 13.0 Å². The third-order valence-corrected chi connectivity index (χ3v) is 3.45. The number of cyclic esters (lactones) is 1. The van der Waals surface area contributed by atoms with Gasteiger partial charge in [-0.15, -0.1) is 15.0 Å². The molecule has 2 heterocycles. The van der Waals surface area contributed by atoms with Crippen LogP contribution in [0.1, 0.15) is 17.5 Å². The Hall–Kier alpha value is -3.37. The maximum Gasteiger partial charge on any atom is 0.414 e. The molecule has 0 saturated carbocycles. The largest absolute Gasteiger partial charge is 0.442 e. The van der Waals surface area contributed by atoms with Crippen molar-refractivity contribution in [1.29, 1.82) is 0 Å². The summed E-state index contributed by atoms with van der Waals surface area (Å²) in [5, 5.41) is 13.3. The number of aldehydes is 1. The fraction of sp³-hybridized carbons (Fsp3) is 0.286. The van der Waals surface area contributed by atoms with Gasteiger partial charge in [0.25, 0.3) is 0 Å². The summed E-state index contributed by atoms with van der Waals surface area (Å²) in [6.07, 6.45) is -0.763. The highest BCUT2D eigenvalue weighted by Gasteiger charge is 2.32. The Balaban J connectivity index is 1.77. The fourth-order valence-corrected chi connectivity index (χ4v) is 2.30. The molecule has 1 atom stereocenters. The number of anilines is 1. The van der Waals surface area contributed by atoms with Crippen LogP contribution < -0.4 is 10.2 Å². The van der Waals surface area contributed by atoms with Crippen molar-refractivity contribution in [1.82, 2.24) is 25.5 Å². The fourth-order valence-electron chi connectivity index (χ4n) is 2.30. The predicted molar refractivity (Wildman–Crippen MR) is 80.8 cm³/mol. The number of nitrogens with one attached hydrogen (secondary N) is 1. The molecule has 0 spiro atoms. The molecule has 0 bridgehead atoms. The summed E-state index contributed by atoms with van der Waals surface area (Å²) in [5.74, 6) is -1.11. The van der Waals surface area contributed by atoms with Crippen LogP contribution in [0.3, 0.4) is 0 Å². The van der Waals surface area contributed by atoms with E-state index in [0.717, 1.165) is 10.9 Å². The second-order valence-corrected chi connectivity index (χ2v) is 5.24. The average Bonchev–Trinajstić information content (AvgIpc) is 3.19. The van der Waals surface area contributed by atoms with Gasteiger partial charge in [0.05, 0.1) is 18.8 Å². The first kappa shape index (κ1) is 16.5. The van der Waals surface area contributed by atoms with Crippen LogP contribution in [0.4, 0.5) is 14.9 Å². The standard InChI is InChI=1S/C14H13FN6O4/c1-8(23)16-5-10-6-20(14(24)25-10)9-2-3-12(11(15)4-9)21-18-13(7-22)17-19-21/h2-4,7,10H,5-6H2,1H3,(H,16,23)/t10-/m0/s1.